The van der Waals surface area contributed by atoms with Gasteiger partial charge in [0.25, 0.3) is 0 Å². The molecule has 2 radical (unpaired) electrons. The molecule has 0 aromatic heterocycles. The van der Waals surface area contributed by atoms with Crippen LogP contribution in [-0.4, -0.2) is 30.7 Å². The van der Waals surface area contributed by atoms with E-state index in [1.54, 1.807) is 0 Å². The van der Waals surface area contributed by atoms with Crippen molar-refractivity contribution in [1.29, 1.82) is 0 Å². The highest BCUT2D eigenvalue weighted by atomic mass is 16.7. The summed E-state index contributed by atoms with van der Waals surface area (Å²) in [6.45, 7) is 10.0. The third-order valence-electron chi connectivity index (χ3n) is 2.26. The van der Waals surface area contributed by atoms with Crippen LogP contribution < -0.4 is 0 Å². The van der Waals surface area contributed by atoms with Gasteiger partial charge in [-0.3, -0.25) is 0 Å². The molecule has 12 heavy (non-hydrogen) atoms. The van der Waals surface area contributed by atoms with Gasteiger partial charge in [0.2, 0.25) is 0 Å². The summed E-state index contributed by atoms with van der Waals surface area (Å²) in [4.78, 5) is 0. The number of hydrogen-bond donors (Lipinski definition) is 0. The molecule has 2 saturated heterocycles. The zero-order chi connectivity index (χ0) is 8.77. The molecule has 0 spiro atoms. The SMILES string of the molecule is [CH]C1C[C@@H]2OC(C)(C)OC[C@H]2O1. The Morgan fingerprint density at radius 3 is 2.83 bits per heavy atom. The van der Waals surface area contributed by atoms with Crippen LogP contribution in [0.2, 0.25) is 0 Å². The Bertz CT molecular complexity index is 179. The van der Waals surface area contributed by atoms with Crippen LogP contribution in [0, 0.1) is 6.92 Å². The van der Waals surface area contributed by atoms with E-state index in [0.29, 0.717) is 6.61 Å². The van der Waals surface area contributed by atoms with E-state index in [1.165, 1.54) is 0 Å². The van der Waals surface area contributed by atoms with Gasteiger partial charge in [-0.05, 0) is 20.8 Å². The summed E-state index contributed by atoms with van der Waals surface area (Å²) in [6.07, 6.45) is 0.742. The first-order valence-electron chi connectivity index (χ1n) is 4.30. The summed E-state index contributed by atoms with van der Waals surface area (Å²) in [5.74, 6) is -0.478. The minimum Gasteiger partial charge on any atom is -0.369 e. The van der Waals surface area contributed by atoms with Gasteiger partial charge in [-0.1, -0.05) is 0 Å². The van der Waals surface area contributed by atoms with Crippen molar-refractivity contribution in [1.82, 2.24) is 0 Å². The van der Waals surface area contributed by atoms with Crippen molar-refractivity contribution in [3.63, 3.8) is 0 Å². The van der Waals surface area contributed by atoms with E-state index in [2.05, 4.69) is 0 Å². The first-order valence-corrected chi connectivity index (χ1v) is 4.30. The van der Waals surface area contributed by atoms with E-state index in [9.17, 15) is 0 Å². The molecule has 2 rings (SSSR count). The van der Waals surface area contributed by atoms with Crippen molar-refractivity contribution in [3.05, 3.63) is 6.92 Å². The molecule has 3 atom stereocenters. The second kappa shape index (κ2) is 2.69. The quantitative estimate of drug-likeness (QED) is 0.543. The lowest BCUT2D eigenvalue weighted by Crippen LogP contribution is -2.46. The predicted octanol–water partition coefficient (Wildman–Crippen LogP) is 1.01. The molecule has 0 amide bonds. The highest BCUT2D eigenvalue weighted by molar-refractivity contribution is 4.88. The van der Waals surface area contributed by atoms with E-state index in [0.717, 1.165) is 6.42 Å². The van der Waals surface area contributed by atoms with Gasteiger partial charge in [-0.25, -0.2) is 0 Å². The molecular weight excluding hydrogens is 156 g/mol. The third-order valence-corrected chi connectivity index (χ3v) is 2.26. The highest BCUT2D eigenvalue weighted by Gasteiger charge is 2.42. The van der Waals surface area contributed by atoms with E-state index in [-0.39, 0.29) is 18.3 Å². The molecule has 2 aliphatic heterocycles. The molecule has 3 nitrogen and oxygen atoms in total. The second-order valence-corrected chi connectivity index (χ2v) is 3.82. The minimum absolute atomic E-state index is 0.0352. The van der Waals surface area contributed by atoms with Crippen LogP contribution in [0.4, 0.5) is 0 Å². The number of fused-ring (bicyclic) bond motifs is 1. The summed E-state index contributed by atoms with van der Waals surface area (Å²) in [5, 5.41) is 0. The lowest BCUT2D eigenvalue weighted by molar-refractivity contribution is -0.292. The van der Waals surface area contributed by atoms with E-state index < -0.39 is 5.79 Å². The number of ether oxygens (including phenoxy) is 3. The van der Waals surface area contributed by atoms with Crippen molar-refractivity contribution in [2.75, 3.05) is 6.61 Å². The maximum atomic E-state index is 5.64. The topological polar surface area (TPSA) is 27.7 Å². The first-order chi connectivity index (χ1) is 5.57. The van der Waals surface area contributed by atoms with Gasteiger partial charge in [0.05, 0.1) is 18.8 Å². The third kappa shape index (κ3) is 1.49. The van der Waals surface area contributed by atoms with Crippen LogP contribution in [-0.2, 0) is 14.2 Å². The molecule has 2 heterocycles. The van der Waals surface area contributed by atoms with Gasteiger partial charge in [-0.2, -0.15) is 0 Å². The average molecular weight is 170 g/mol. The predicted molar refractivity (Wildman–Crippen MR) is 42.5 cm³/mol. The lowest BCUT2D eigenvalue weighted by atomic mass is 10.1. The first kappa shape index (κ1) is 8.48. The summed E-state index contributed by atoms with van der Waals surface area (Å²) in [7, 11) is 0. The highest BCUT2D eigenvalue weighted by Crippen LogP contribution is 2.32. The van der Waals surface area contributed by atoms with Gasteiger partial charge < -0.3 is 14.2 Å². The monoisotopic (exact) mass is 170 g/mol. The smallest absolute Gasteiger partial charge is 0.163 e. The average Bonchev–Trinajstić information content (AvgIpc) is 2.26. The van der Waals surface area contributed by atoms with Crippen LogP contribution in [0.1, 0.15) is 20.3 Å². The van der Waals surface area contributed by atoms with Gasteiger partial charge in [0.15, 0.2) is 5.79 Å². The van der Waals surface area contributed by atoms with Gasteiger partial charge in [-0.15, -0.1) is 0 Å². The van der Waals surface area contributed by atoms with E-state index >= 15 is 0 Å². The van der Waals surface area contributed by atoms with Crippen LogP contribution in [0.5, 0.6) is 0 Å². The summed E-state index contributed by atoms with van der Waals surface area (Å²) in [6, 6.07) is 0. The van der Waals surface area contributed by atoms with Crippen molar-refractivity contribution in [3.8, 4) is 0 Å². The molecule has 0 N–H and O–H groups in total. The normalized spacial score (nSPS) is 45.8. The largest absolute Gasteiger partial charge is 0.369 e. The standard InChI is InChI=1S/C9H14O3/c1-6-4-7-8(11-6)5-10-9(2,3)12-7/h1,6-8H,4-5H2,2-3H3/t6?,7-,8+/m0/s1. The van der Waals surface area contributed by atoms with Gasteiger partial charge >= 0.3 is 0 Å². The maximum Gasteiger partial charge on any atom is 0.163 e. The molecule has 0 bridgehead atoms. The number of hydrogen-bond acceptors (Lipinski definition) is 3. The molecule has 1 unspecified atom stereocenters. The number of rotatable bonds is 0. The van der Waals surface area contributed by atoms with Crippen molar-refractivity contribution >= 4 is 0 Å². The van der Waals surface area contributed by atoms with Gasteiger partial charge in [0.1, 0.15) is 6.10 Å². The molecular formula is C9H14O3. The van der Waals surface area contributed by atoms with Crippen LogP contribution in [0.3, 0.4) is 0 Å². The van der Waals surface area contributed by atoms with Crippen LogP contribution in [0.25, 0.3) is 0 Å². The Morgan fingerprint density at radius 2 is 2.08 bits per heavy atom. The Morgan fingerprint density at radius 1 is 1.33 bits per heavy atom. The van der Waals surface area contributed by atoms with Crippen LogP contribution in [0.15, 0.2) is 0 Å². The fourth-order valence-electron chi connectivity index (χ4n) is 1.70. The molecule has 0 aromatic rings. The Balaban J connectivity index is 2.02. The lowest BCUT2D eigenvalue weighted by Gasteiger charge is -2.37. The maximum absolute atomic E-state index is 5.64. The van der Waals surface area contributed by atoms with Crippen molar-refractivity contribution in [2.45, 2.75) is 44.4 Å². The summed E-state index contributed by atoms with van der Waals surface area (Å²) in [5.41, 5.74) is 0. The molecule has 0 aliphatic carbocycles. The molecule has 68 valence electrons. The fraction of sp³-hybridized carbons (Fsp3) is 0.889. The van der Waals surface area contributed by atoms with Crippen molar-refractivity contribution < 1.29 is 14.2 Å². The zero-order valence-electron chi connectivity index (χ0n) is 7.45. The molecule has 0 aromatic carbocycles. The molecule has 0 saturated carbocycles. The van der Waals surface area contributed by atoms with Crippen LogP contribution >= 0.6 is 0 Å². The van der Waals surface area contributed by atoms with E-state index in [1.807, 2.05) is 13.8 Å². The molecule has 2 fully saturated rings. The Kier molecular flexibility index (Phi) is 1.90. The summed E-state index contributed by atoms with van der Waals surface area (Å²) >= 11 is 0. The Labute approximate surface area is 73.0 Å². The fourth-order valence-corrected chi connectivity index (χ4v) is 1.70. The minimum atomic E-state index is -0.478. The molecule has 3 heteroatoms. The zero-order valence-corrected chi connectivity index (χ0v) is 7.45. The second-order valence-electron chi connectivity index (χ2n) is 3.82. The van der Waals surface area contributed by atoms with E-state index in [4.69, 9.17) is 21.1 Å². The Hall–Kier alpha value is -0.120. The van der Waals surface area contributed by atoms with Gasteiger partial charge in [0, 0.05) is 6.42 Å². The molecule has 2 aliphatic rings. The van der Waals surface area contributed by atoms with Crippen molar-refractivity contribution in [2.24, 2.45) is 0 Å². The summed E-state index contributed by atoms with van der Waals surface area (Å²) < 4.78 is 16.5.